The minimum Gasteiger partial charge on any atom is -0.387 e. The molecule has 1 atom stereocenters. The number of hydrogen-bond donors (Lipinski definition) is 3. The van der Waals surface area contributed by atoms with E-state index in [4.69, 9.17) is 20.6 Å². The second-order valence-corrected chi connectivity index (χ2v) is 10.3. The van der Waals surface area contributed by atoms with Crippen LogP contribution in [-0.4, -0.2) is 101 Å². The molecule has 0 aromatic carbocycles. The van der Waals surface area contributed by atoms with Gasteiger partial charge in [-0.2, -0.15) is 0 Å². The number of thiophene rings is 1. The Morgan fingerprint density at radius 2 is 1.89 bits per heavy atom. The van der Waals surface area contributed by atoms with Crippen molar-refractivity contribution in [1.82, 2.24) is 24.7 Å². The van der Waals surface area contributed by atoms with Crippen LogP contribution in [0.5, 0.6) is 0 Å². The van der Waals surface area contributed by atoms with E-state index >= 15 is 0 Å². The van der Waals surface area contributed by atoms with Gasteiger partial charge in [0.25, 0.3) is 0 Å². The maximum atomic E-state index is 11.8. The molecule has 2 aromatic heterocycles. The summed E-state index contributed by atoms with van der Waals surface area (Å²) in [5.41, 5.74) is 8.15. The standard InChI is InChI=1S/C23H32N8O3S/c1-15-17(13-29-3-5-30(6-4-29)18(33)14-32)35-20-19(15)27-23(2,16-11-25-22(24)26-12-16)28-21(20)31-7-9-34-10-8-31/h11-12,27,32H,3-10,13-14H2,1-2H3,(H2,24,25,26). The van der Waals surface area contributed by atoms with Gasteiger partial charge in [-0.25, -0.2) is 15.0 Å². The summed E-state index contributed by atoms with van der Waals surface area (Å²) in [6, 6.07) is 0. The van der Waals surface area contributed by atoms with E-state index in [9.17, 15) is 4.79 Å². The van der Waals surface area contributed by atoms with Crippen molar-refractivity contribution in [2.24, 2.45) is 4.99 Å². The number of hydrogen-bond acceptors (Lipinski definition) is 11. The molecule has 12 heteroatoms. The number of fused-ring (bicyclic) bond motifs is 1. The third-order valence-corrected chi connectivity index (χ3v) is 8.19. The highest BCUT2D eigenvalue weighted by molar-refractivity contribution is 7.15. The summed E-state index contributed by atoms with van der Waals surface area (Å²) in [5.74, 6) is 1.01. The van der Waals surface area contributed by atoms with Crippen molar-refractivity contribution >= 4 is 34.7 Å². The summed E-state index contributed by atoms with van der Waals surface area (Å²) in [6.07, 6.45) is 3.47. The van der Waals surface area contributed by atoms with E-state index in [1.54, 1.807) is 28.6 Å². The zero-order valence-corrected chi connectivity index (χ0v) is 21.0. The maximum absolute atomic E-state index is 11.8. The average molecular weight is 501 g/mol. The summed E-state index contributed by atoms with van der Waals surface area (Å²) in [7, 11) is 0. The molecule has 1 amide bonds. The zero-order chi connectivity index (χ0) is 24.6. The predicted molar refractivity (Wildman–Crippen MR) is 134 cm³/mol. The number of rotatable bonds is 4. The molecule has 11 nitrogen and oxygen atoms in total. The lowest BCUT2D eigenvalue weighted by atomic mass is 10.0. The molecule has 0 saturated carbocycles. The summed E-state index contributed by atoms with van der Waals surface area (Å²) in [4.78, 5) is 34.2. The number of aliphatic hydroxyl groups is 1. The number of aromatic nitrogens is 2. The lowest BCUT2D eigenvalue weighted by Crippen LogP contribution is -2.49. The van der Waals surface area contributed by atoms with Crippen molar-refractivity contribution in [2.75, 3.05) is 70.1 Å². The Balaban J connectivity index is 1.44. The molecule has 3 aliphatic heterocycles. The normalized spacial score (nSPS) is 23.0. The molecule has 2 saturated heterocycles. The molecule has 5 heterocycles. The number of aliphatic hydroxyl groups excluding tert-OH is 1. The van der Waals surface area contributed by atoms with Crippen LogP contribution in [0.4, 0.5) is 11.6 Å². The van der Waals surface area contributed by atoms with Gasteiger partial charge in [0.2, 0.25) is 11.9 Å². The number of ether oxygens (including phenoxy) is 1. The number of nitrogen functional groups attached to an aromatic ring is 1. The minimum absolute atomic E-state index is 0.200. The van der Waals surface area contributed by atoms with Crippen LogP contribution in [0.3, 0.4) is 0 Å². The van der Waals surface area contributed by atoms with Crippen LogP contribution in [0.15, 0.2) is 17.4 Å². The van der Waals surface area contributed by atoms with E-state index in [1.165, 1.54) is 10.4 Å². The first-order valence-corrected chi connectivity index (χ1v) is 12.7. The molecule has 188 valence electrons. The first-order valence-electron chi connectivity index (χ1n) is 11.9. The lowest BCUT2D eigenvalue weighted by Gasteiger charge is -2.38. The minimum atomic E-state index is -0.728. The second-order valence-electron chi connectivity index (χ2n) is 9.23. The number of morpholine rings is 1. The Morgan fingerprint density at radius 3 is 2.54 bits per heavy atom. The molecular formula is C23H32N8O3S. The summed E-state index contributed by atoms with van der Waals surface area (Å²) >= 11 is 1.78. The van der Waals surface area contributed by atoms with Crippen molar-refractivity contribution in [2.45, 2.75) is 26.1 Å². The fourth-order valence-corrected chi connectivity index (χ4v) is 6.05. The Kier molecular flexibility index (Phi) is 6.62. The molecule has 4 N–H and O–H groups in total. The van der Waals surface area contributed by atoms with Gasteiger partial charge in [0.1, 0.15) is 12.4 Å². The molecule has 1 unspecified atom stereocenters. The molecule has 3 aliphatic rings. The number of aliphatic imine (C=N–C) groups is 1. The first kappa shape index (κ1) is 23.9. The molecule has 2 fully saturated rings. The quantitative estimate of drug-likeness (QED) is 0.547. The first-order chi connectivity index (χ1) is 16.9. The van der Waals surface area contributed by atoms with Gasteiger partial charge in [-0.3, -0.25) is 9.69 Å². The Hall–Kier alpha value is -2.80. The van der Waals surface area contributed by atoms with Gasteiger partial charge in [0.15, 0.2) is 5.66 Å². The number of amidine groups is 1. The Morgan fingerprint density at radius 1 is 1.20 bits per heavy atom. The fourth-order valence-electron chi connectivity index (χ4n) is 4.73. The van der Waals surface area contributed by atoms with Gasteiger partial charge in [-0.1, -0.05) is 0 Å². The Labute approximate surface area is 208 Å². The van der Waals surface area contributed by atoms with Crippen LogP contribution in [0.1, 0.15) is 27.8 Å². The summed E-state index contributed by atoms with van der Waals surface area (Å²) in [5, 5.41) is 12.8. The lowest BCUT2D eigenvalue weighted by molar-refractivity contribution is -0.135. The number of piperazine rings is 1. The van der Waals surface area contributed by atoms with Gasteiger partial charge >= 0.3 is 0 Å². The predicted octanol–water partition coefficient (Wildman–Crippen LogP) is 0.442. The van der Waals surface area contributed by atoms with Gasteiger partial charge in [0, 0.05) is 68.6 Å². The monoisotopic (exact) mass is 500 g/mol. The van der Waals surface area contributed by atoms with E-state index in [0.717, 1.165) is 54.7 Å². The molecule has 0 aliphatic carbocycles. The average Bonchev–Trinajstić information content (AvgIpc) is 3.19. The van der Waals surface area contributed by atoms with Gasteiger partial charge in [0.05, 0.1) is 23.8 Å². The van der Waals surface area contributed by atoms with Crippen molar-refractivity contribution in [1.29, 1.82) is 0 Å². The highest BCUT2D eigenvalue weighted by atomic mass is 32.1. The molecule has 0 bridgehead atoms. The number of carbonyl (C=O) groups excluding carboxylic acids is 1. The number of nitrogens with one attached hydrogen (secondary N) is 1. The Bertz CT molecular complexity index is 1110. The fraction of sp³-hybridized carbons (Fsp3) is 0.565. The number of carbonyl (C=O) groups is 1. The third-order valence-electron chi connectivity index (χ3n) is 6.92. The van der Waals surface area contributed by atoms with Gasteiger partial charge in [-0.15, -0.1) is 11.3 Å². The van der Waals surface area contributed by atoms with Crippen molar-refractivity contribution in [3.05, 3.63) is 33.3 Å². The molecule has 35 heavy (non-hydrogen) atoms. The molecule has 5 rings (SSSR count). The van der Waals surface area contributed by atoms with Crippen LogP contribution >= 0.6 is 11.3 Å². The zero-order valence-electron chi connectivity index (χ0n) is 20.2. The van der Waals surface area contributed by atoms with Crippen molar-refractivity contribution in [3.8, 4) is 0 Å². The third kappa shape index (κ3) is 4.70. The van der Waals surface area contributed by atoms with Gasteiger partial charge < -0.3 is 30.7 Å². The van der Waals surface area contributed by atoms with Crippen LogP contribution in [0, 0.1) is 6.92 Å². The number of anilines is 2. The topological polar surface area (TPSA) is 132 Å². The van der Waals surface area contributed by atoms with Crippen LogP contribution in [0.2, 0.25) is 0 Å². The van der Waals surface area contributed by atoms with Crippen LogP contribution in [-0.2, 0) is 21.7 Å². The number of nitrogens with two attached hydrogens (primary N) is 1. The summed E-state index contributed by atoms with van der Waals surface area (Å²) < 4.78 is 5.60. The largest absolute Gasteiger partial charge is 0.387 e. The van der Waals surface area contributed by atoms with E-state index in [1.807, 2.05) is 6.92 Å². The molecule has 2 aromatic rings. The maximum Gasteiger partial charge on any atom is 0.248 e. The van der Waals surface area contributed by atoms with Crippen molar-refractivity contribution < 1.29 is 14.6 Å². The number of amides is 1. The van der Waals surface area contributed by atoms with E-state index in [2.05, 4.69) is 32.0 Å². The smallest absolute Gasteiger partial charge is 0.248 e. The molecular weight excluding hydrogens is 468 g/mol. The summed E-state index contributed by atoms with van der Waals surface area (Å²) in [6.45, 7) is 10.4. The second kappa shape index (κ2) is 9.69. The van der Waals surface area contributed by atoms with E-state index < -0.39 is 12.3 Å². The van der Waals surface area contributed by atoms with Crippen molar-refractivity contribution in [3.63, 3.8) is 0 Å². The van der Waals surface area contributed by atoms with E-state index in [0.29, 0.717) is 26.3 Å². The molecule has 0 radical (unpaired) electrons. The molecule has 0 spiro atoms. The van der Waals surface area contributed by atoms with Crippen LogP contribution in [0.25, 0.3) is 0 Å². The van der Waals surface area contributed by atoms with Crippen LogP contribution < -0.4 is 11.1 Å². The number of nitrogens with zero attached hydrogens (tertiary/aromatic N) is 6. The highest BCUT2D eigenvalue weighted by Gasteiger charge is 2.38. The highest BCUT2D eigenvalue weighted by Crippen LogP contribution is 2.43. The van der Waals surface area contributed by atoms with E-state index in [-0.39, 0.29) is 11.9 Å². The SMILES string of the molecule is Cc1c(CN2CCN(C(=O)CO)CC2)sc2c1NC(C)(c1cnc(N)nc1)N=C2N1CCOCC1. The van der Waals surface area contributed by atoms with Gasteiger partial charge in [-0.05, 0) is 19.4 Å².